The quantitative estimate of drug-likeness (QED) is 0.670. The summed E-state index contributed by atoms with van der Waals surface area (Å²) in [5.74, 6) is -0.141. The molecule has 0 spiro atoms. The topological polar surface area (TPSA) is 46.2 Å². The van der Waals surface area contributed by atoms with Gasteiger partial charge in [-0.25, -0.2) is 0 Å². The molecule has 0 saturated heterocycles. The van der Waals surface area contributed by atoms with Crippen molar-refractivity contribution >= 4 is 38.0 Å². The number of nitrogens with one attached hydrogen (secondary N) is 1. The van der Waals surface area contributed by atoms with Crippen LogP contribution in [-0.2, 0) is 4.79 Å². The minimum absolute atomic E-state index is 0.0372. The summed E-state index contributed by atoms with van der Waals surface area (Å²) in [6, 6.07) is 6.83. The fraction of sp³-hybridized carbons (Fsp3) is 0.111. The number of carbonyl (C=O) groups excluding carboxylic acids is 2. The predicted octanol–water partition coefficient (Wildman–Crippen LogP) is 2.22. The van der Waals surface area contributed by atoms with Crippen molar-refractivity contribution in [2.24, 2.45) is 0 Å². The number of halogens is 1. The molecule has 4 heteroatoms. The number of rotatable bonds is 2. The summed E-state index contributed by atoms with van der Waals surface area (Å²) >= 11 is 1.71. The van der Waals surface area contributed by atoms with Gasteiger partial charge in [0.1, 0.15) is 0 Å². The van der Waals surface area contributed by atoms with Gasteiger partial charge in [0.15, 0.2) is 0 Å². The summed E-state index contributed by atoms with van der Waals surface area (Å²) < 4.78 is -0.0372. The van der Waals surface area contributed by atoms with E-state index in [1.165, 1.54) is 6.92 Å². The van der Waals surface area contributed by atoms with E-state index >= 15 is 0 Å². The van der Waals surface area contributed by atoms with E-state index in [2.05, 4.69) is 5.32 Å². The lowest BCUT2D eigenvalue weighted by Gasteiger charge is -2.02. The first kappa shape index (κ1) is 10.2. The third-order valence-electron chi connectivity index (χ3n) is 1.41. The SMILES string of the molecule is CC(=O)Nc1cccc(C(=O)I)c1. The fourth-order valence-corrected chi connectivity index (χ4v) is 1.26. The zero-order valence-corrected chi connectivity index (χ0v) is 9.16. The minimum atomic E-state index is -0.141. The summed E-state index contributed by atoms with van der Waals surface area (Å²) in [5.41, 5.74) is 1.24. The second kappa shape index (κ2) is 4.36. The molecule has 0 aliphatic rings. The second-order valence-corrected chi connectivity index (χ2v) is 3.52. The third-order valence-corrected chi connectivity index (χ3v) is 2.03. The Hall–Kier alpha value is -0.910. The van der Waals surface area contributed by atoms with Crippen LogP contribution in [-0.4, -0.2) is 9.70 Å². The Morgan fingerprint density at radius 3 is 2.62 bits per heavy atom. The zero-order valence-electron chi connectivity index (χ0n) is 7.00. The highest BCUT2D eigenvalue weighted by Gasteiger charge is 2.01. The third kappa shape index (κ3) is 3.14. The summed E-state index contributed by atoms with van der Waals surface area (Å²) in [4.78, 5) is 21.7. The van der Waals surface area contributed by atoms with E-state index in [4.69, 9.17) is 0 Å². The molecule has 1 aromatic rings. The van der Waals surface area contributed by atoms with Gasteiger partial charge in [0.05, 0.1) is 0 Å². The normalized spacial score (nSPS) is 9.38. The highest BCUT2D eigenvalue weighted by atomic mass is 127. The molecule has 0 fully saturated rings. The molecule has 0 heterocycles. The molecule has 68 valence electrons. The van der Waals surface area contributed by atoms with Gasteiger partial charge in [-0.05, 0) is 12.1 Å². The lowest BCUT2D eigenvalue weighted by molar-refractivity contribution is -0.114. The monoisotopic (exact) mass is 289 g/mol. The van der Waals surface area contributed by atoms with Gasteiger partial charge in [-0.2, -0.15) is 0 Å². The first-order chi connectivity index (χ1) is 6.09. The van der Waals surface area contributed by atoms with Crippen molar-refractivity contribution in [2.45, 2.75) is 6.92 Å². The Morgan fingerprint density at radius 1 is 1.38 bits per heavy atom. The largest absolute Gasteiger partial charge is 0.326 e. The first-order valence-electron chi connectivity index (χ1n) is 3.67. The highest BCUT2D eigenvalue weighted by molar-refractivity contribution is 14.1. The van der Waals surface area contributed by atoms with Gasteiger partial charge in [0.2, 0.25) is 9.70 Å². The van der Waals surface area contributed by atoms with Crippen molar-refractivity contribution in [1.29, 1.82) is 0 Å². The Bertz CT molecular complexity index is 349. The molecule has 1 amide bonds. The summed E-state index contributed by atoms with van der Waals surface area (Å²) in [5, 5.41) is 2.61. The summed E-state index contributed by atoms with van der Waals surface area (Å²) in [7, 11) is 0. The van der Waals surface area contributed by atoms with Crippen molar-refractivity contribution in [1.82, 2.24) is 0 Å². The van der Waals surface area contributed by atoms with Crippen LogP contribution in [0.2, 0.25) is 0 Å². The maximum Gasteiger partial charge on any atom is 0.222 e. The van der Waals surface area contributed by atoms with Crippen molar-refractivity contribution < 1.29 is 9.59 Å². The number of amides is 1. The lowest BCUT2D eigenvalue weighted by atomic mass is 10.2. The average Bonchev–Trinajstić information content (AvgIpc) is 2.03. The van der Waals surface area contributed by atoms with Crippen LogP contribution in [0.15, 0.2) is 24.3 Å². The van der Waals surface area contributed by atoms with Crippen LogP contribution in [0.25, 0.3) is 0 Å². The predicted molar refractivity (Wildman–Crippen MR) is 59.1 cm³/mol. The Balaban J connectivity index is 2.91. The summed E-state index contributed by atoms with van der Waals surface area (Å²) in [6.07, 6.45) is 0. The first-order valence-corrected chi connectivity index (χ1v) is 4.75. The van der Waals surface area contributed by atoms with Crippen LogP contribution in [0.3, 0.4) is 0 Å². The van der Waals surface area contributed by atoms with Crippen LogP contribution < -0.4 is 5.32 Å². The van der Waals surface area contributed by atoms with Crippen molar-refractivity contribution in [2.75, 3.05) is 5.32 Å². The number of hydrogen-bond donors (Lipinski definition) is 1. The van der Waals surface area contributed by atoms with Gasteiger partial charge < -0.3 is 5.32 Å². The molecule has 0 aromatic heterocycles. The van der Waals surface area contributed by atoms with E-state index in [0.29, 0.717) is 11.3 Å². The molecule has 13 heavy (non-hydrogen) atoms. The molecule has 0 atom stereocenters. The number of anilines is 1. The van der Waals surface area contributed by atoms with Gasteiger partial charge in [-0.3, -0.25) is 9.59 Å². The number of carbonyl (C=O) groups is 2. The molecule has 0 bridgehead atoms. The average molecular weight is 289 g/mol. The molecule has 1 rings (SSSR count). The molecule has 0 aliphatic heterocycles. The lowest BCUT2D eigenvalue weighted by Crippen LogP contribution is -2.06. The minimum Gasteiger partial charge on any atom is -0.326 e. The molecule has 0 radical (unpaired) electrons. The van der Waals surface area contributed by atoms with E-state index in [0.717, 1.165) is 0 Å². The van der Waals surface area contributed by atoms with E-state index in [9.17, 15) is 9.59 Å². The van der Waals surface area contributed by atoms with Gasteiger partial charge in [0.25, 0.3) is 0 Å². The molecule has 0 unspecified atom stereocenters. The van der Waals surface area contributed by atoms with E-state index in [-0.39, 0.29) is 9.70 Å². The Morgan fingerprint density at radius 2 is 2.08 bits per heavy atom. The molecule has 0 aliphatic carbocycles. The van der Waals surface area contributed by atoms with Gasteiger partial charge in [-0.15, -0.1) is 0 Å². The van der Waals surface area contributed by atoms with Crippen LogP contribution in [0, 0.1) is 0 Å². The van der Waals surface area contributed by atoms with Crippen molar-refractivity contribution in [3.05, 3.63) is 29.8 Å². The van der Waals surface area contributed by atoms with Gasteiger partial charge in [0, 0.05) is 40.8 Å². The van der Waals surface area contributed by atoms with Crippen molar-refractivity contribution in [3.63, 3.8) is 0 Å². The van der Waals surface area contributed by atoms with Gasteiger partial charge in [-0.1, -0.05) is 12.1 Å². The smallest absolute Gasteiger partial charge is 0.222 e. The molecule has 1 aromatic carbocycles. The Labute approximate surface area is 89.7 Å². The maximum absolute atomic E-state index is 11.0. The van der Waals surface area contributed by atoms with Gasteiger partial charge >= 0.3 is 0 Å². The standard InChI is InChI=1S/C9H8INO2/c1-6(12)11-8-4-2-3-7(5-8)9(10)13/h2-5H,1H3,(H,11,12). The van der Waals surface area contributed by atoms with E-state index < -0.39 is 0 Å². The molecule has 1 N–H and O–H groups in total. The van der Waals surface area contributed by atoms with Crippen LogP contribution in [0.4, 0.5) is 5.69 Å². The van der Waals surface area contributed by atoms with E-state index in [1.54, 1.807) is 46.9 Å². The van der Waals surface area contributed by atoms with Crippen molar-refractivity contribution in [3.8, 4) is 0 Å². The molecular weight excluding hydrogens is 281 g/mol. The second-order valence-electron chi connectivity index (χ2n) is 2.54. The van der Waals surface area contributed by atoms with Crippen LogP contribution >= 0.6 is 22.6 Å². The molecule has 3 nitrogen and oxygen atoms in total. The number of hydrogen-bond acceptors (Lipinski definition) is 2. The fourth-order valence-electron chi connectivity index (χ4n) is 0.922. The van der Waals surface area contributed by atoms with Crippen LogP contribution in [0.5, 0.6) is 0 Å². The molecule has 0 saturated carbocycles. The number of benzene rings is 1. The van der Waals surface area contributed by atoms with E-state index in [1.807, 2.05) is 0 Å². The maximum atomic E-state index is 11.0. The molecular formula is C9H8INO2. The summed E-state index contributed by atoms with van der Waals surface area (Å²) in [6.45, 7) is 1.43. The highest BCUT2D eigenvalue weighted by Crippen LogP contribution is 2.13. The Kier molecular flexibility index (Phi) is 3.41. The zero-order chi connectivity index (χ0) is 9.84. The van der Waals surface area contributed by atoms with Crippen LogP contribution in [0.1, 0.15) is 17.3 Å².